The lowest BCUT2D eigenvalue weighted by atomic mass is 10.5. The standard InChI is InChI=1S/C4H8N2.C3H8/c1-6-4-2-3-5;1-3-2/h6H,2,4H2,1H3;3H2,1-2H3. The van der Waals surface area contributed by atoms with Crippen LogP contribution in [0.4, 0.5) is 0 Å². The van der Waals surface area contributed by atoms with Crippen LogP contribution < -0.4 is 5.32 Å². The summed E-state index contributed by atoms with van der Waals surface area (Å²) in [4.78, 5) is 0. The molecule has 0 amide bonds. The van der Waals surface area contributed by atoms with Crippen LogP contribution in [0.3, 0.4) is 0 Å². The topological polar surface area (TPSA) is 35.8 Å². The van der Waals surface area contributed by atoms with Crippen molar-refractivity contribution in [3.63, 3.8) is 0 Å². The van der Waals surface area contributed by atoms with Gasteiger partial charge in [0.1, 0.15) is 0 Å². The Morgan fingerprint density at radius 3 is 2.00 bits per heavy atom. The fourth-order valence-electron chi connectivity index (χ4n) is 0.181. The van der Waals surface area contributed by atoms with Gasteiger partial charge in [-0.2, -0.15) is 5.26 Å². The number of rotatable bonds is 2. The Morgan fingerprint density at radius 1 is 1.44 bits per heavy atom. The molecule has 9 heavy (non-hydrogen) atoms. The Hall–Kier alpha value is -0.550. The molecule has 2 nitrogen and oxygen atoms in total. The van der Waals surface area contributed by atoms with E-state index >= 15 is 0 Å². The smallest absolute Gasteiger partial charge is 0.0635 e. The van der Waals surface area contributed by atoms with Crippen molar-refractivity contribution >= 4 is 0 Å². The third-order valence-corrected chi connectivity index (χ3v) is 0.487. The molecule has 0 rings (SSSR count). The van der Waals surface area contributed by atoms with Gasteiger partial charge in [0, 0.05) is 13.0 Å². The molecule has 0 bridgehead atoms. The first kappa shape index (κ1) is 11.3. The maximum atomic E-state index is 7.91. The quantitative estimate of drug-likeness (QED) is 0.572. The predicted octanol–water partition coefficient (Wildman–Crippen LogP) is 1.54. The van der Waals surface area contributed by atoms with Crippen molar-refractivity contribution in [1.29, 1.82) is 5.26 Å². The fraction of sp³-hybridized carbons (Fsp3) is 0.857. The molecule has 0 aliphatic carbocycles. The summed E-state index contributed by atoms with van der Waals surface area (Å²) < 4.78 is 0. The Kier molecular flexibility index (Phi) is 19.6. The summed E-state index contributed by atoms with van der Waals surface area (Å²) in [5.41, 5.74) is 0. The Bertz CT molecular complexity index is 63.8. The molecular weight excluding hydrogens is 112 g/mol. The first-order valence-corrected chi connectivity index (χ1v) is 3.34. The van der Waals surface area contributed by atoms with E-state index in [1.807, 2.05) is 13.1 Å². The second-order valence-corrected chi connectivity index (χ2v) is 1.72. The molecular formula is C7H16N2. The molecule has 54 valence electrons. The molecule has 0 saturated heterocycles. The van der Waals surface area contributed by atoms with Crippen LogP contribution in [0.1, 0.15) is 26.7 Å². The molecule has 0 unspecified atom stereocenters. The van der Waals surface area contributed by atoms with E-state index in [1.165, 1.54) is 6.42 Å². The molecule has 0 aromatic rings. The van der Waals surface area contributed by atoms with Gasteiger partial charge in [-0.3, -0.25) is 0 Å². The molecule has 0 saturated carbocycles. The van der Waals surface area contributed by atoms with E-state index in [2.05, 4.69) is 19.2 Å². The van der Waals surface area contributed by atoms with Crippen molar-refractivity contribution in [2.45, 2.75) is 26.7 Å². The van der Waals surface area contributed by atoms with Gasteiger partial charge in [0.25, 0.3) is 0 Å². The maximum Gasteiger partial charge on any atom is 0.0635 e. The van der Waals surface area contributed by atoms with Gasteiger partial charge in [-0.1, -0.05) is 20.3 Å². The molecule has 0 heterocycles. The highest BCUT2D eigenvalue weighted by Crippen LogP contribution is 1.63. The number of nitriles is 1. The summed E-state index contributed by atoms with van der Waals surface area (Å²) in [6.45, 7) is 5.05. The van der Waals surface area contributed by atoms with Crippen LogP contribution in [0.25, 0.3) is 0 Å². The van der Waals surface area contributed by atoms with Gasteiger partial charge in [0.05, 0.1) is 6.07 Å². The zero-order valence-electron chi connectivity index (χ0n) is 6.57. The van der Waals surface area contributed by atoms with E-state index in [0.29, 0.717) is 6.42 Å². The van der Waals surface area contributed by atoms with Gasteiger partial charge in [0.2, 0.25) is 0 Å². The molecule has 0 aromatic carbocycles. The summed E-state index contributed by atoms with van der Waals surface area (Å²) in [5.74, 6) is 0. The van der Waals surface area contributed by atoms with Gasteiger partial charge < -0.3 is 5.32 Å². The van der Waals surface area contributed by atoms with Gasteiger partial charge >= 0.3 is 0 Å². The summed E-state index contributed by atoms with van der Waals surface area (Å²) >= 11 is 0. The van der Waals surface area contributed by atoms with Crippen LogP contribution in [0.2, 0.25) is 0 Å². The lowest BCUT2D eigenvalue weighted by Gasteiger charge is -1.82. The van der Waals surface area contributed by atoms with Crippen molar-refractivity contribution in [1.82, 2.24) is 5.32 Å². The predicted molar refractivity (Wildman–Crippen MR) is 40.1 cm³/mol. The van der Waals surface area contributed by atoms with E-state index in [0.717, 1.165) is 6.54 Å². The van der Waals surface area contributed by atoms with E-state index in [9.17, 15) is 0 Å². The minimum absolute atomic E-state index is 0.608. The average molecular weight is 128 g/mol. The van der Waals surface area contributed by atoms with Crippen LogP contribution in [0.5, 0.6) is 0 Å². The molecule has 0 fully saturated rings. The van der Waals surface area contributed by atoms with Crippen molar-refractivity contribution < 1.29 is 0 Å². The minimum Gasteiger partial charge on any atom is -0.319 e. The fourth-order valence-corrected chi connectivity index (χ4v) is 0.181. The third kappa shape index (κ3) is 36.9. The highest BCUT2D eigenvalue weighted by molar-refractivity contribution is 4.68. The summed E-state index contributed by atoms with van der Waals surface area (Å²) in [7, 11) is 1.83. The number of nitrogens with zero attached hydrogens (tertiary/aromatic N) is 1. The summed E-state index contributed by atoms with van der Waals surface area (Å²) in [6, 6.07) is 2.01. The normalized spacial score (nSPS) is 6.89. The lowest BCUT2D eigenvalue weighted by Crippen LogP contribution is -2.05. The first-order chi connectivity index (χ1) is 4.33. The van der Waals surface area contributed by atoms with E-state index in [-0.39, 0.29) is 0 Å². The van der Waals surface area contributed by atoms with E-state index in [1.54, 1.807) is 0 Å². The van der Waals surface area contributed by atoms with Crippen molar-refractivity contribution in [2.24, 2.45) is 0 Å². The molecule has 0 spiro atoms. The first-order valence-electron chi connectivity index (χ1n) is 3.34. The highest BCUT2D eigenvalue weighted by atomic mass is 14.8. The Labute approximate surface area is 57.9 Å². The SMILES string of the molecule is CCC.CNCCC#N. The third-order valence-electron chi connectivity index (χ3n) is 0.487. The van der Waals surface area contributed by atoms with Crippen LogP contribution in [-0.2, 0) is 0 Å². The average Bonchev–Trinajstić information content (AvgIpc) is 1.86. The van der Waals surface area contributed by atoms with Crippen LogP contribution in [0.15, 0.2) is 0 Å². The van der Waals surface area contributed by atoms with E-state index in [4.69, 9.17) is 5.26 Å². The molecule has 0 aliphatic rings. The second kappa shape index (κ2) is 15.7. The highest BCUT2D eigenvalue weighted by Gasteiger charge is 1.71. The Balaban J connectivity index is 0. The van der Waals surface area contributed by atoms with Crippen molar-refractivity contribution in [3.8, 4) is 6.07 Å². The maximum absolute atomic E-state index is 7.91. The second-order valence-electron chi connectivity index (χ2n) is 1.72. The number of hydrogen-bond donors (Lipinski definition) is 1. The summed E-state index contributed by atoms with van der Waals surface area (Å²) in [5, 5.41) is 10.8. The zero-order chi connectivity index (χ0) is 7.54. The monoisotopic (exact) mass is 128 g/mol. The largest absolute Gasteiger partial charge is 0.319 e. The number of hydrogen-bond acceptors (Lipinski definition) is 2. The van der Waals surface area contributed by atoms with Crippen LogP contribution in [0, 0.1) is 11.3 Å². The lowest BCUT2D eigenvalue weighted by molar-refractivity contribution is 0.813. The molecule has 0 aliphatic heterocycles. The minimum atomic E-state index is 0.608. The van der Waals surface area contributed by atoms with Gasteiger partial charge in [0.15, 0.2) is 0 Å². The van der Waals surface area contributed by atoms with Gasteiger partial charge in [-0.05, 0) is 7.05 Å². The van der Waals surface area contributed by atoms with Crippen molar-refractivity contribution in [3.05, 3.63) is 0 Å². The van der Waals surface area contributed by atoms with Gasteiger partial charge in [-0.15, -0.1) is 0 Å². The van der Waals surface area contributed by atoms with E-state index < -0.39 is 0 Å². The van der Waals surface area contributed by atoms with Crippen molar-refractivity contribution in [2.75, 3.05) is 13.6 Å². The van der Waals surface area contributed by atoms with Crippen LogP contribution >= 0.6 is 0 Å². The summed E-state index contributed by atoms with van der Waals surface area (Å²) in [6.07, 6.45) is 1.86. The molecule has 0 aromatic heterocycles. The van der Waals surface area contributed by atoms with Gasteiger partial charge in [-0.25, -0.2) is 0 Å². The molecule has 0 radical (unpaired) electrons. The van der Waals surface area contributed by atoms with Crippen LogP contribution in [-0.4, -0.2) is 13.6 Å². The Morgan fingerprint density at radius 2 is 1.89 bits per heavy atom. The molecule has 2 heteroatoms. The molecule has 1 N–H and O–H groups in total. The zero-order valence-corrected chi connectivity index (χ0v) is 6.57. The molecule has 0 atom stereocenters. The number of nitrogens with one attached hydrogen (secondary N) is 1.